The zero-order valence-electron chi connectivity index (χ0n) is 13.4. The maximum Gasteiger partial charge on any atom is 0.335 e. The van der Waals surface area contributed by atoms with Gasteiger partial charge in [-0.15, -0.1) is 0 Å². The van der Waals surface area contributed by atoms with Crippen molar-refractivity contribution in [1.82, 2.24) is 10.2 Å². The molecule has 25 heavy (non-hydrogen) atoms. The number of hydrogen-bond donors (Lipinski definition) is 3. The number of aromatic amines is 1. The molecule has 0 aliphatic rings. The second-order valence-corrected chi connectivity index (χ2v) is 5.60. The fourth-order valence-corrected chi connectivity index (χ4v) is 2.43. The Morgan fingerprint density at radius 3 is 2.32 bits per heavy atom. The predicted octanol–water partition coefficient (Wildman–Crippen LogP) is 3.15. The van der Waals surface area contributed by atoms with E-state index < -0.39 is 5.97 Å². The van der Waals surface area contributed by atoms with Crippen LogP contribution >= 0.6 is 0 Å². The summed E-state index contributed by atoms with van der Waals surface area (Å²) in [5, 5.41) is 18.6. The van der Waals surface area contributed by atoms with Crippen molar-refractivity contribution in [1.29, 1.82) is 0 Å². The summed E-state index contributed by atoms with van der Waals surface area (Å²) in [6.45, 7) is 0. The van der Waals surface area contributed by atoms with Crippen molar-refractivity contribution in [3.63, 3.8) is 0 Å². The number of carbonyl (C=O) groups excluding carboxylic acids is 1. The summed E-state index contributed by atoms with van der Waals surface area (Å²) in [4.78, 5) is 23.0. The Bertz CT molecular complexity index is 870. The van der Waals surface area contributed by atoms with Gasteiger partial charge in [-0.25, -0.2) is 4.79 Å². The van der Waals surface area contributed by atoms with Gasteiger partial charge in [-0.3, -0.25) is 9.89 Å². The quantitative estimate of drug-likeness (QED) is 0.645. The number of carbonyl (C=O) groups is 2. The van der Waals surface area contributed by atoms with Crippen LogP contribution in [-0.4, -0.2) is 27.2 Å². The first-order chi connectivity index (χ1) is 12.1. The van der Waals surface area contributed by atoms with Crippen molar-refractivity contribution in [3.05, 3.63) is 83.0 Å². The molecule has 0 aliphatic heterocycles. The first-order valence-corrected chi connectivity index (χ1v) is 7.85. The van der Waals surface area contributed by atoms with Gasteiger partial charge in [0.1, 0.15) is 0 Å². The van der Waals surface area contributed by atoms with E-state index in [0.29, 0.717) is 11.4 Å². The standard InChI is InChI=1S/C19H17N3O3/c23-18(14-7-9-15(10-8-14)19(24)25)20-17-12-16(21-22-17)11-6-13-4-2-1-3-5-13/h1-5,7-10,12H,6,11H2,(H,24,25)(H2,20,21,22,23). The number of anilines is 1. The number of nitrogens with one attached hydrogen (secondary N) is 2. The third kappa shape index (κ3) is 4.32. The molecule has 0 spiro atoms. The summed E-state index contributed by atoms with van der Waals surface area (Å²) in [5.74, 6) is -0.921. The minimum Gasteiger partial charge on any atom is -0.478 e. The maximum atomic E-state index is 12.2. The molecule has 2 aromatic carbocycles. The lowest BCUT2D eigenvalue weighted by atomic mass is 10.1. The molecule has 3 aromatic rings. The van der Waals surface area contributed by atoms with Crippen LogP contribution in [0.3, 0.4) is 0 Å². The van der Waals surface area contributed by atoms with Crippen LogP contribution < -0.4 is 5.32 Å². The molecule has 0 bridgehead atoms. The summed E-state index contributed by atoms with van der Waals surface area (Å²) in [7, 11) is 0. The Morgan fingerprint density at radius 1 is 0.960 bits per heavy atom. The van der Waals surface area contributed by atoms with Gasteiger partial charge in [0.05, 0.1) is 5.56 Å². The number of aryl methyl sites for hydroxylation is 2. The molecule has 1 amide bonds. The monoisotopic (exact) mass is 335 g/mol. The first kappa shape index (κ1) is 16.4. The van der Waals surface area contributed by atoms with Gasteiger partial charge in [0.2, 0.25) is 0 Å². The Labute approximate surface area is 144 Å². The number of aromatic carboxylic acids is 1. The van der Waals surface area contributed by atoms with Crippen molar-refractivity contribution >= 4 is 17.7 Å². The van der Waals surface area contributed by atoms with Crippen LogP contribution in [0.2, 0.25) is 0 Å². The summed E-state index contributed by atoms with van der Waals surface area (Å²) < 4.78 is 0. The minimum absolute atomic E-state index is 0.138. The van der Waals surface area contributed by atoms with Crippen LogP contribution in [0.5, 0.6) is 0 Å². The highest BCUT2D eigenvalue weighted by Crippen LogP contribution is 2.12. The molecule has 0 radical (unpaired) electrons. The molecule has 126 valence electrons. The van der Waals surface area contributed by atoms with Gasteiger partial charge in [-0.05, 0) is 42.7 Å². The van der Waals surface area contributed by atoms with E-state index in [4.69, 9.17) is 5.11 Å². The molecule has 0 aliphatic carbocycles. The molecule has 0 unspecified atom stereocenters. The molecule has 0 fully saturated rings. The highest BCUT2D eigenvalue weighted by atomic mass is 16.4. The van der Waals surface area contributed by atoms with Gasteiger partial charge in [0, 0.05) is 17.3 Å². The maximum absolute atomic E-state index is 12.2. The lowest BCUT2D eigenvalue weighted by Crippen LogP contribution is -2.12. The number of H-pyrrole nitrogens is 1. The minimum atomic E-state index is -1.03. The Kier molecular flexibility index (Phi) is 4.89. The largest absolute Gasteiger partial charge is 0.478 e. The average molecular weight is 335 g/mol. The molecular weight excluding hydrogens is 318 g/mol. The van der Waals surface area contributed by atoms with Crippen molar-refractivity contribution in [2.24, 2.45) is 0 Å². The summed E-state index contributed by atoms with van der Waals surface area (Å²) >= 11 is 0. The summed E-state index contributed by atoms with van der Waals surface area (Å²) in [6.07, 6.45) is 1.67. The molecule has 0 saturated heterocycles. The number of carboxylic acids is 1. The molecule has 3 rings (SSSR count). The van der Waals surface area contributed by atoms with E-state index in [1.165, 1.54) is 29.8 Å². The van der Waals surface area contributed by atoms with Crippen LogP contribution in [0.15, 0.2) is 60.7 Å². The number of carboxylic acid groups (broad SMARTS) is 1. The number of amides is 1. The smallest absolute Gasteiger partial charge is 0.335 e. The molecule has 0 saturated carbocycles. The summed E-state index contributed by atoms with van der Waals surface area (Å²) in [5.41, 5.74) is 2.68. The van der Waals surface area contributed by atoms with Crippen LogP contribution in [0.25, 0.3) is 0 Å². The number of nitrogens with zero attached hydrogens (tertiary/aromatic N) is 1. The molecular formula is C19H17N3O3. The van der Waals surface area contributed by atoms with Gasteiger partial charge in [0.25, 0.3) is 5.91 Å². The van der Waals surface area contributed by atoms with E-state index in [1.54, 1.807) is 6.07 Å². The normalized spacial score (nSPS) is 10.4. The number of aromatic nitrogens is 2. The zero-order chi connectivity index (χ0) is 17.6. The van der Waals surface area contributed by atoms with Crippen LogP contribution in [-0.2, 0) is 12.8 Å². The van der Waals surface area contributed by atoms with Gasteiger partial charge >= 0.3 is 5.97 Å². The molecule has 1 heterocycles. The summed E-state index contributed by atoms with van der Waals surface area (Å²) in [6, 6.07) is 17.7. The lowest BCUT2D eigenvalue weighted by Gasteiger charge is -2.02. The third-order valence-electron chi connectivity index (χ3n) is 3.79. The fraction of sp³-hybridized carbons (Fsp3) is 0.105. The number of rotatable bonds is 6. The van der Waals surface area contributed by atoms with Crippen molar-refractivity contribution in [3.8, 4) is 0 Å². The molecule has 6 heteroatoms. The Hall–Kier alpha value is -3.41. The van der Waals surface area contributed by atoms with Crippen molar-refractivity contribution in [2.45, 2.75) is 12.8 Å². The molecule has 1 aromatic heterocycles. The van der Waals surface area contributed by atoms with Gasteiger partial charge in [0.15, 0.2) is 5.82 Å². The number of hydrogen-bond acceptors (Lipinski definition) is 3. The van der Waals surface area contributed by atoms with Crippen LogP contribution in [0, 0.1) is 0 Å². The van der Waals surface area contributed by atoms with Crippen LogP contribution in [0.1, 0.15) is 32.0 Å². The van der Waals surface area contributed by atoms with E-state index in [9.17, 15) is 9.59 Å². The second kappa shape index (κ2) is 7.44. The predicted molar refractivity (Wildman–Crippen MR) is 93.8 cm³/mol. The average Bonchev–Trinajstić information content (AvgIpc) is 3.08. The van der Waals surface area contributed by atoms with Gasteiger partial charge < -0.3 is 10.4 Å². The Morgan fingerprint density at radius 2 is 1.64 bits per heavy atom. The SMILES string of the molecule is O=C(O)c1ccc(C(=O)Nc2cc(CCc3ccccc3)[nH]n2)cc1. The second-order valence-electron chi connectivity index (χ2n) is 5.60. The highest BCUT2D eigenvalue weighted by Gasteiger charge is 2.10. The lowest BCUT2D eigenvalue weighted by molar-refractivity contribution is 0.0696. The first-order valence-electron chi connectivity index (χ1n) is 7.85. The zero-order valence-corrected chi connectivity index (χ0v) is 13.4. The molecule has 0 atom stereocenters. The molecule has 6 nitrogen and oxygen atoms in total. The van der Waals surface area contributed by atoms with Crippen molar-refractivity contribution < 1.29 is 14.7 Å². The Balaban J connectivity index is 1.58. The fourth-order valence-electron chi connectivity index (χ4n) is 2.43. The van der Waals surface area contributed by atoms with E-state index in [-0.39, 0.29) is 11.5 Å². The number of benzene rings is 2. The van der Waals surface area contributed by atoms with E-state index in [2.05, 4.69) is 27.6 Å². The topological polar surface area (TPSA) is 95.1 Å². The van der Waals surface area contributed by atoms with Crippen molar-refractivity contribution in [2.75, 3.05) is 5.32 Å². The van der Waals surface area contributed by atoms with E-state index in [1.807, 2.05) is 18.2 Å². The van der Waals surface area contributed by atoms with E-state index in [0.717, 1.165) is 18.5 Å². The molecule has 3 N–H and O–H groups in total. The van der Waals surface area contributed by atoms with Gasteiger partial charge in [-0.2, -0.15) is 5.10 Å². The highest BCUT2D eigenvalue weighted by molar-refractivity contribution is 6.04. The van der Waals surface area contributed by atoms with Crippen LogP contribution in [0.4, 0.5) is 5.82 Å². The van der Waals surface area contributed by atoms with Gasteiger partial charge in [-0.1, -0.05) is 30.3 Å². The van der Waals surface area contributed by atoms with E-state index >= 15 is 0 Å². The third-order valence-corrected chi connectivity index (χ3v) is 3.79.